The van der Waals surface area contributed by atoms with E-state index >= 15 is 0 Å². The van der Waals surface area contributed by atoms with Crippen LogP contribution < -0.4 is 0 Å². The van der Waals surface area contributed by atoms with Crippen LogP contribution in [0.3, 0.4) is 0 Å². The van der Waals surface area contributed by atoms with Crippen LogP contribution in [-0.4, -0.2) is 13.2 Å². The SMILES string of the molecule is C=CCOC[C@H]1CC[C@H](c2ccc(-c3ccccc3)cc2)CC1. The normalized spacial score (nSPS) is 21.0. The molecule has 0 amide bonds. The van der Waals surface area contributed by atoms with Crippen LogP contribution in [0.1, 0.15) is 37.2 Å². The Morgan fingerprint density at radius 2 is 1.52 bits per heavy atom. The molecule has 1 aliphatic carbocycles. The summed E-state index contributed by atoms with van der Waals surface area (Å²) in [6.45, 7) is 5.27. The van der Waals surface area contributed by atoms with Crippen LogP contribution in [0.4, 0.5) is 0 Å². The molecule has 0 unspecified atom stereocenters. The van der Waals surface area contributed by atoms with E-state index < -0.39 is 0 Å². The lowest BCUT2D eigenvalue weighted by Gasteiger charge is -2.28. The number of hydrogen-bond donors (Lipinski definition) is 0. The predicted molar refractivity (Wildman–Crippen MR) is 97.6 cm³/mol. The summed E-state index contributed by atoms with van der Waals surface area (Å²) in [4.78, 5) is 0. The van der Waals surface area contributed by atoms with Gasteiger partial charge in [0.25, 0.3) is 0 Å². The zero-order chi connectivity index (χ0) is 15.9. The van der Waals surface area contributed by atoms with Crippen molar-refractivity contribution in [3.05, 3.63) is 72.8 Å². The van der Waals surface area contributed by atoms with E-state index in [-0.39, 0.29) is 0 Å². The average molecular weight is 306 g/mol. The summed E-state index contributed by atoms with van der Waals surface area (Å²) in [5.41, 5.74) is 4.10. The fourth-order valence-electron chi connectivity index (χ4n) is 3.56. The molecule has 3 rings (SSSR count). The smallest absolute Gasteiger partial charge is 0.0644 e. The quantitative estimate of drug-likeness (QED) is 0.482. The second-order valence-electron chi connectivity index (χ2n) is 6.53. The Morgan fingerprint density at radius 1 is 0.870 bits per heavy atom. The molecule has 0 radical (unpaired) electrons. The minimum Gasteiger partial charge on any atom is -0.377 e. The summed E-state index contributed by atoms with van der Waals surface area (Å²) in [5.74, 6) is 1.45. The molecule has 1 heteroatoms. The molecule has 1 nitrogen and oxygen atoms in total. The van der Waals surface area contributed by atoms with Crippen LogP contribution in [0.2, 0.25) is 0 Å². The molecule has 0 saturated heterocycles. The lowest BCUT2D eigenvalue weighted by molar-refractivity contribution is 0.102. The van der Waals surface area contributed by atoms with Crippen molar-refractivity contribution >= 4 is 0 Å². The van der Waals surface area contributed by atoms with Gasteiger partial charge in [-0.05, 0) is 54.2 Å². The third kappa shape index (κ3) is 4.33. The van der Waals surface area contributed by atoms with Crippen molar-refractivity contribution < 1.29 is 4.74 Å². The highest BCUT2D eigenvalue weighted by molar-refractivity contribution is 5.63. The van der Waals surface area contributed by atoms with Gasteiger partial charge in [0, 0.05) is 6.61 Å². The van der Waals surface area contributed by atoms with Crippen molar-refractivity contribution in [3.63, 3.8) is 0 Å². The van der Waals surface area contributed by atoms with Crippen LogP contribution in [0.15, 0.2) is 67.3 Å². The third-order valence-electron chi connectivity index (χ3n) is 4.93. The molecular formula is C22H26O. The van der Waals surface area contributed by atoms with E-state index in [1.54, 1.807) is 0 Å². The van der Waals surface area contributed by atoms with E-state index in [4.69, 9.17) is 4.74 Å². The van der Waals surface area contributed by atoms with Gasteiger partial charge in [0.05, 0.1) is 6.61 Å². The third-order valence-corrected chi connectivity index (χ3v) is 4.93. The fraction of sp³-hybridized carbons (Fsp3) is 0.364. The maximum Gasteiger partial charge on any atom is 0.0644 e. The Labute approximate surface area is 140 Å². The highest BCUT2D eigenvalue weighted by atomic mass is 16.5. The molecule has 0 aromatic heterocycles. The number of hydrogen-bond acceptors (Lipinski definition) is 1. The van der Waals surface area contributed by atoms with Gasteiger partial charge >= 0.3 is 0 Å². The highest BCUT2D eigenvalue weighted by Crippen LogP contribution is 2.36. The van der Waals surface area contributed by atoms with E-state index in [9.17, 15) is 0 Å². The summed E-state index contributed by atoms with van der Waals surface area (Å²) in [5, 5.41) is 0. The van der Waals surface area contributed by atoms with Crippen molar-refractivity contribution in [1.82, 2.24) is 0 Å². The lowest BCUT2D eigenvalue weighted by Crippen LogP contribution is -2.18. The van der Waals surface area contributed by atoms with E-state index in [0.29, 0.717) is 6.61 Å². The molecular weight excluding hydrogens is 280 g/mol. The minimum absolute atomic E-state index is 0.681. The Morgan fingerprint density at radius 3 is 2.17 bits per heavy atom. The maximum absolute atomic E-state index is 5.61. The summed E-state index contributed by atoms with van der Waals surface area (Å²) in [7, 11) is 0. The number of rotatable bonds is 6. The summed E-state index contributed by atoms with van der Waals surface area (Å²) >= 11 is 0. The van der Waals surface area contributed by atoms with Gasteiger partial charge in [-0.15, -0.1) is 6.58 Å². The van der Waals surface area contributed by atoms with Crippen LogP contribution in [-0.2, 0) is 4.74 Å². The van der Waals surface area contributed by atoms with Gasteiger partial charge in [-0.1, -0.05) is 60.7 Å². The van der Waals surface area contributed by atoms with Gasteiger partial charge in [0.1, 0.15) is 0 Å². The van der Waals surface area contributed by atoms with E-state index in [1.165, 1.54) is 42.4 Å². The predicted octanol–water partition coefficient (Wildman–Crippen LogP) is 5.83. The van der Waals surface area contributed by atoms with Gasteiger partial charge in [-0.25, -0.2) is 0 Å². The van der Waals surface area contributed by atoms with Crippen molar-refractivity contribution in [3.8, 4) is 11.1 Å². The minimum atomic E-state index is 0.681. The monoisotopic (exact) mass is 306 g/mol. The average Bonchev–Trinajstić information content (AvgIpc) is 2.63. The summed E-state index contributed by atoms with van der Waals surface area (Å²) in [6, 6.07) is 19.8. The summed E-state index contributed by atoms with van der Waals surface area (Å²) in [6.07, 6.45) is 6.96. The van der Waals surface area contributed by atoms with Crippen molar-refractivity contribution in [2.75, 3.05) is 13.2 Å². The lowest BCUT2D eigenvalue weighted by atomic mass is 9.79. The molecule has 0 atom stereocenters. The molecule has 2 aromatic carbocycles. The molecule has 0 bridgehead atoms. The molecule has 1 aliphatic rings. The first-order valence-electron chi connectivity index (χ1n) is 8.71. The standard InChI is InChI=1S/C22H26O/c1-2-16-23-17-18-8-10-20(11-9-18)22-14-12-21(13-15-22)19-6-4-3-5-7-19/h2-7,12-15,18,20H,1,8-11,16-17H2/t18-,20-. The van der Waals surface area contributed by atoms with Gasteiger partial charge in [0.2, 0.25) is 0 Å². The Bertz CT molecular complexity index is 592. The van der Waals surface area contributed by atoms with Crippen LogP contribution in [0.5, 0.6) is 0 Å². The van der Waals surface area contributed by atoms with E-state index in [0.717, 1.165) is 18.4 Å². The van der Waals surface area contributed by atoms with E-state index in [1.807, 2.05) is 6.08 Å². The maximum atomic E-state index is 5.61. The van der Waals surface area contributed by atoms with Crippen LogP contribution in [0.25, 0.3) is 11.1 Å². The first-order chi connectivity index (χ1) is 11.4. The van der Waals surface area contributed by atoms with Gasteiger partial charge in [0.15, 0.2) is 0 Å². The van der Waals surface area contributed by atoms with Crippen LogP contribution in [0, 0.1) is 5.92 Å². The van der Waals surface area contributed by atoms with E-state index in [2.05, 4.69) is 61.2 Å². The fourth-order valence-corrected chi connectivity index (χ4v) is 3.56. The second-order valence-corrected chi connectivity index (χ2v) is 6.53. The number of benzene rings is 2. The first-order valence-corrected chi connectivity index (χ1v) is 8.71. The van der Waals surface area contributed by atoms with Crippen molar-refractivity contribution in [1.29, 1.82) is 0 Å². The molecule has 0 aliphatic heterocycles. The molecule has 23 heavy (non-hydrogen) atoms. The number of ether oxygens (including phenoxy) is 1. The second kappa shape index (κ2) is 8.12. The zero-order valence-electron chi connectivity index (χ0n) is 13.8. The Hall–Kier alpha value is -1.86. The highest BCUT2D eigenvalue weighted by Gasteiger charge is 2.22. The molecule has 0 N–H and O–H groups in total. The molecule has 0 heterocycles. The molecule has 1 fully saturated rings. The van der Waals surface area contributed by atoms with Crippen molar-refractivity contribution in [2.45, 2.75) is 31.6 Å². The molecule has 1 saturated carbocycles. The molecule has 120 valence electrons. The Balaban J connectivity index is 1.56. The van der Waals surface area contributed by atoms with Crippen molar-refractivity contribution in [2.24, 2.45) is 5.92 Å². The molecule has 0 spiro atoms. The largest absolute Gasteiger partial charge is 0.377 e. The summed E-state index contributed by atoms with van der Waals surface area (Å²) < 4.78 is 5.61. The van der Waals surface area contributed by atoms with Gasteiger partial charge < -0.3 is 4.74 Å². The molecule has 2 aromatic rings. The topological polar surface area (TPSA) is 9.23 Å². The van der Waals surface area contributed by atoms with Crippen LogP contribution >= 0.6 is 0 Å². The first kappa shape index (κ1) is 16.0. The zero-order valence-corrected chi connectivity index (χ0v) is 13.8. The van der Waals surface area contributed by atoms with Gasteiger partial charge in [-0.2, -0.15) is 0 Å². The Kier molecular flexibility index (Phi) is 5.65. The van der Waals surface area contributed by atoms with Gasteiger partial charge in [-0.3, -0.25) is 0 Å².